The predicted molar refractivity (Wildman–Crippen MR) is 99.0 cm³/mol. The summed E-state index contributed by atoms with van der Waals surface area (Å²) in [7, 11) is 0. The Bertz CT molecular complexity index is 676. The van der Waals surface area contributed by atoms with Crippen LogP contribution in [0.3, 0.4) is 0 Å². The summed E-state index contributed by atoms with van der Waals surface area (Å²) in [5.41, 5.74) is 1.84. The Morgan fingerprint density at radius 3 is 2.50 bits per heavy atom. The number of aromatic nitrogens is 3. The molecule has 0 radical (unpaired) electrons. The van der Waals surface area contributed by atoms with E-state index in [-0.39, 0.29) is 12.0 Å². The lowest BCUT2D eigenvalue weighted by Crippen LogP contribution is -2.49. The van der Waals surface area contributed by atoms with Crippen molar-refractivity contribution in [2.75, 3.05) is 39.3 Å². The van der Waals surface area contributed by atoms with E-state index in [2.05, 4.69) is 15.0 Å². The van der Waals surface area contributed by atoms with Crippen LogP contribution < -0.4 is 0 Å². The fourth-order valence-corrected chi connectivity index (χ4v) is 3.03. The van der Waals surface area contributed by atoms with Crippen LogP contribution in [0.25, 0.3) is 0 Å². The van der Waals surface area contributed by atoms with Gasteiger partial charge in [-0.2, -0.15) is 5.10 Å². The van der Waals surface area contributed by atoms with Crippen molar-refractivity contribution < 1.29 is 9.53 Å². The van der Waals surface area contributed by atoms with Crippen molar-refractivity contribution in [2.45, 2.75) is 26.5 Å². The minimum Gasteiger partial charge on any atom is -0.377 e. The topological polar surface area (TPSA) is 63.5 Å². The van der Waals surface area contributed by atoms with E-state index in [1.807, 2.05) is 43.0 Å². The van der Waals surface area contributed by atoms with Gasteiger partial charge in [0.15, 0.2) is 0 Å². The molecular formula is C19H27N5O2. The van der Waals surface area contributed by atoms with Gasteiger partial charge in [-0.05, 0) is 31.5 Å². The first-order chi connectivity index (χ1) is 12.6. The lowest BCUT2D eigenvalue weighted by Gasteiger charge is -2.34. The Hall–Kier alpha value is -2.25. The number of rotatable bonds is 7. The Labute approximate surface area is 154 Å². The average molecular weight is 357 g/mol. The Kier molecular flexibility index (Phi) is 6.35. The maximum absolute atomic E-state index is 12.7. The number of amides is 1. The highest BCUT2D eigenvalue weighted by atomic mass is 16.5. The smallest absolute Gasteiger partial charge is 0.253 e. The summed E-state index contributed by atoms with van der Waals surface area (Å²) in [6.07, 6.45) is 3.47. The SMILES string of the molecule is CC(C)OCCN1CCN(C(=O)c2ccc(Cn3cncn3)cc2)CC1. The van der Waals surface area contributed by atoms with E-state index in [1.54, 1.807) is 11.0 Å². The first-order valence-electron chi connectivity index (χ1n) is 9.16. The molecule has 7 heteroatoms. The molecule has 0 unspecified atom stereocenters. The molecule has 7 nitrogen and oxygen atoms in total. The zero-order chi connectivity index (χ0) is 18.4. The number of ether oxygens (including phenoxy) is 1. The molecule has 2 heterocycles. The highest BCUT2D eigenvalue weighted by Gasteiger charge is 2.21. The van der Waals surface area contributed by atoms with Gasteiger partial charge in [-0.1, -0.05) is 12.1 Å². The van der Waals surface area contributed by atoms with Gasteiger partial charge in [0.1, 0.15) is 12.7 Å². The number of piperazine rings is 1. The predicted octanol–water partition coefficient (Wildman–Crippen LogP) is 1.51. The maximum atomic E-state index is 12.7. The van der Waals surface area contributed by atoms with E-state index in [1.165, 1.54) is 6.33 Å². The van der Waals surface area contributed by atoms with Gasteiger partial charge in [-0.25, -0.2) is 9.67 Å². The van der Waals surface area contributed by atoms with Crippen molar-refractivity contribution in [3.8, 4) is 0 Å². The summed E-state index contributed by atoms with van der Waals surface area (Å²) >= 11 is 0. The Morgan fingerprint density at radius 1 is 1.15 bits per heavy atom. The second kappa shape index (κ2) is 8.91. The molecule has 1 aromatic carbocycles. The van der Waals surface area contributed by atoms with Crippen molar-refractivity contribution >= 4 is 5.91 Å². The molecule has 0 spiro atoms. The quantitative estimate of drug-likeness (QED) is 0.752. The van der Waals surface area contributed by atoms with Crippen molar-refractivity contribution in [1.29, 1.82) is 0 Å². The molecule has 0 bridgehead atoms. The highest BCUT2D eigenvalue weighted by Crippen LogP contribution is 2.11. The van der Waals surface area contributed by atoms with E-state index in [0.29, 0.717) is 6.54 Å². The lowest BCUT2D eigenvalue weighted by molar-refractivity contribution is 0.0407. The average Bonchev–Trinajstić information content (AvgIpc) is 3.15. The molecule has 0 aliphatic carbocycles. The van der Waals surface area contributed by atoms with Crippen LogP contribution in [-0.2, 0) is 11.3 Å². The van der Waals surface area contributed by atoms with Crippen molar-refractivity contribution in [1.82, 2.24) is 24.6 Å². The molecule has 0 N–H and O–H groups in total. The van der Waals surface area contributed by atoms with E-state index < -0.39 is 0 Å². The molecule has 0 atom stereocenters. The summed E-state index contributed by atoms with van der Waals surface area (Å²) < 4.78 is 7.37. The number of carbonyl (C=O) groups is 1. The molecule has 3 rings (SSSR count). The third-order valence-electron chi connectivity index (χ3n) is 4.53. The van der Waals surface area contributed by atoms with Gasteiger partial charge < -0.3 is 9.64 Å². The number of hydrogen-bond acceptors (Lipinski definition) is 5. The number of benzene rings is 1. The molecule has 1 aliphatic rings. The Morgan fingerprint density at radius 2 is 1.88 bits per heavy atom. The van der Waals surface area contributed by atoms with Gasteiger partial charge in [0.2, 0.25) is 0 Å². The first kappa shape index (κ1) is 18.5. The standard InChI is InChI=1S/C19H27N5O2/c1-16(2)26-12-11-22-7-9-23(10-8-22)19(25)18-5-3-17(4-6-18)13-24-15-20-14-21-24/h3-6,14-16H,7-13H2,1-2H3. The van der Waals surface area contributed by atoms with Crippen LogP contribution in [0.15, 0.2) is 36.9 Å². The number of carbonyl (C=O) groups excluding carboxylic acids is 1. The van der Waals surface area contributed by atoms with Gasteiger partial charge in [0.05, 0.1) is 19.3 Å². The maximum Gasteiger partial charge on any atom is 0.253 e. The summed E-state index contributed by atoms with van der Waals surface area (Å²) in [6.45, 7) is 9.76. The van der Waals surface area contributed by atoms with E-state index in [4.69, 9.17) is 4.74 Å². The van der Waals surface area contributed by atoms with E-state index in [9.17, 15) is 4.79 Å². The van der Waals surface area contributed by atoms with Gasteiger partial charge in [0, 0.05) is 38.3 Å². The molecular weight excluding hydrogens is 330 g/mol. The highest BCUT2D eigenvalue weighted by molar-refractivity contribution is 5.94. The second-order valence-corrected chi connectivity index (χ2v) is 6.84. The first-order valence-corrected chi connectivity index (χ1v) is 9.16. The van der Waals surface area contributed by atoms with Crippen LogP contribution in [-0.4, -0.2) is 75.9 Å². The third kappa shape index (κ3) is 5.12. The largest absolute Gasteiger partial charge is 0.377 e. The molecule has 140 valence electrons. The molecule has 1 aromatic heterocycles. The fraction of sp³-hybridized carbons (Fsp3) is 0.526. The van der Waals surface area contributed by atoms with Crippen molar-refractivity contribution in [3.63, 3.8) is 0 Å². The minimum absolute atomic E-state index is 0.107. The van der Waals surface area contributed by atoms with E-state index >= 15 is 0 Å². The van der Waals surface area contributed by atoms with Crippen LogP contribution in [0.4, 0.5) is 0 Å². The van der Waals surface area contributed by atoms with Gasteiger partial charge >= 0.3 is 0 Å². The zero-order valence-electron chi connectivity index (χ0n) is 15.5. The summed E-state index contributed by atoms with van der Waals surface area (Å²) in [5.74, 6) is 0.107. The zero-order valence-corrected chi connectivity index (χ0v) is 15.5. The van der Waals surface area contributed by atoms with Crippen LogP contribution in [0.1, 0.15) is 29.8 Å². The van der Waals surface area contributed by atoms with Crippen LogP contribution in [0, 0.1) is 0 Å². The third-order valence-corrected chi connectivity index (χ3v) is 4.53. The minimum atomic E-state index is 0.107. The van der Waals surface area contributed by atoms with Gasteiger partial charge in [-0.15, -0.1) is 0 Å². The van der Waals surface area contributed by atoms with Crippen LogP contribution >= 0.6 is 0 Å². The summed E-state index contributed by atoms with van der Waals surface area (Å²) in [6, 6.07) is 7.76. The van der Waals surface area contributed by atoms with Crippen molar-refractivity contribution in [2.24, 2.45) is 0 Å². The van der Waals surface area contributed by atoms with Crippen molar-refractivity contribution in [3.05, 3.63) is 48.0 Å². The number of nitrogens with zero attached hydrogens (tertiary/aromatic N) is 5. The molecule has 1 fully saturated rings. The molecule has 1 aliphatic heterocycles. The van der Waals surface area contributed by atoms with Gasteiger partial charge in [0.25, 0.3) is 5.91 Å². The molecule has 1 saturated heterocycles. The normalized spacial score (nSPS) is 15.6. The van der Waals surface area contributed by atoms with Crippen LogP contribution in [0.2, 0.25) is 0 Å². The lowest BCUT2D eigenvalue weighted by atomic mass is 10.1. The fourth-order valence-electron chi connectivity index (χ4n) is 3.03. The molecule has 0 saturated carbocycles. The van der Waals surface area contributed by atoms with Crippen LogP contribution in [0.5, 0.6) is 0 Å². The molecule has 2 aromatic rings. The summed E-state index contributed by atoms with van der Waals surface area (Å²) in [4.78, 5) is 20.9. The Balaban J connectivity index is 1.47. The van der Waals surface area contributed by atoms with E-state index in [0.717, 1.165) is 50.5 Å². The van der Waals surface area contributed by atoms with Gasteiger partial charge in [-0.3, -0.25) is 9.69 Å². The number of hydrogen-bond donors (Lipinski definition) is 0. The second-order valence-electron chi connectivity index (χ2n) is 6.84. The molecule has 26 heavy (non-hydrogen) atoms. The molecule has 1 amide bonds. The summed E-state index contributed by atoms with van der Waals surface area (Å²) in [5, 5.41) is 4.10. The monoisotopic (exact) mass is 357 g/mol.